The number of nitrogens with one attached hydrogen (secondary N) is 1. The fraction of sp³-hybridized carbons (Fsp3) is 0.733. The van der Waals surface area contributed by atoms with Gasteiger partial charge in [0.05, 0.1) is 0 Å². The summed E-state index contributed by atoms with van der Waals surface area (Å²) in [5.41, 5.74) is 0.981. The highest BCUT2D eigenvalue weighted by atomic mass is 32.2. The summed E-state index contributed by atoms with van der Waals surface area (Å²) in [6.45, 7) is 10.7. The van der Waals surface area contributed by atoms with Crippen LogP contribution in [0.15, 0.2) is 17.2 Å². The van der Waals surface area contributed by atoms with Gasteiger partial charge in [-0.1, -0.05) is 34.1 Å². The van der Waals surface area contributed by atoms with Gasteiger partial charge in [0.15, 0.2) is 0 Å². The van der Waals surface area contributed by atoms with Gasteiger partial charge in [-0.3, -0.25) is 0 Å². The molecule has 1 N–H and O–H groups in total. The lowest BCUT2D eigenvalue weighted by Gasteiger charge is -2.22. The zero-order valence-corrected chi connectivity index (χ0v) is 14.7. The second kappa shape index (κ2) is 7.96. The van der Waals surface area contributed by atoms with E-state index >= 15 is 0 Å². The molecule has 0 radical (unpaired) electrons. The second-order valence-electron chi connectivity index (χ2n) is 5.53. The molecule has 1 atom stereocenters. The number of nitrogens with zero attached hydrogens (tertiary/aromatic N) is 2. The largest absolute Gasteiger partial charge is 0.352 e. The molecule has 0 saturated heterocycles. The minimum absolute atomic E-state index is 0.365. The van der Waals surface area contributed by atoms with Gasteiger partial charge in [0.1, 0.15) is 4.90 Å². The van der Waals surface area contributed by atoms with Crippen molar-refractivity contribution in [3.8, 4) is 0 Å². The molecule has 1 aromatic rings. The molecule has 0 bridgehead atoms. The van der Waals surface area contributed by atoms with Crippen LogP contribution in [0.25, 0.3) is 0 Å². The summed E-state index contributed by atoms with van der Waals surface area (Å²) < 4.78 is 29.0. The van der Waals surface area contributed by atoms with Crippen LogP contribution in [0.2, 0.25) is 0 Å². The molecule has 0 saturated carbocycles. The van der Waals surface area contributed by atoms with Crippen LogP contribution in [0.5, 0.6) is 0 Å². The molecule has 0 aliphatic carbocycles. The van der Waals surface area contributed by atoms with Crippen molar-refractivity contribution in [2.75, 3.05) is 19.6 Å². The monoisotopic (exact) mass is 315 g/mol. The Balaban J connectivity index is 3.00. The Morgan fingerprint density at radius 1 is 1.33 bits per heavy atom. The minimum Gasteiger partial charge on any atom is -0.352 e. The summed E-state index contributed by atoms with van der Waals surface area (Å²) in [6, 6.07) is 1.78. The van der Waals surface area contributed by atoms with Crippen molar-refractivity contribution in [3.63, 3.8) is 0 Å². The van der Waals surface area contributed by atoms with Crippen LogP contribution >= 0.6 is 0 Å². The predicted molar refractivity (Wildman–Crippen MR) is 86.7 cm³/mol. The summed E-state index contributed by atoms with van der Waals surface area (Å²) in [6.07, 6.45) is 2.69. The van der Waals surface area contributed by atoms with Crippen molar-refractivity contribution < 1.29 is 8.42 Å². The van der Waals surface area contributed by atoms with Gasteiger partial charge in [-0.2, -0.15) is 4.31 Å². The average molecular weight is 315 g/mol. The minimum atomic E-state index is -3.40. The molecule has 122 valence electrons. The molecule has 1 heterocycles. The third kappa shape index (κ3) is 4.56. The van der Waals surface area contributed by atoms with Crippen LogP contribution in [0, 0.1) is 5.92 Å². The number of rotatable bonds is 9. The molecular weight excluding hydrogens is 286 g/mol. The van der Waals surface area contributed by atoms with Crippen LogP contribution in [0.1, 0.15) is 39.8 Å². The molecule has 1 unspecified atom stereocenters. The van der Waals surface area contributed by atoms with Crippen LogP contribution < -0.4 is 5.32 Å². The van der Waals surface area contributed by atoms with Crippen LogP contribution in [-0.2, 0) is 23.6 Å². The molecule has 0 aliphatic heterocycles. The van der Waals surface area contributed by atoms with Gasteiger partial charge in [0.2, 0.25) is 10.0 Å². The van der Waals surface area contributed by atoms with Gasteiger partial charge in [0.25, 0.3) is 0 Å². The smallest absolute Gasteiger partial charge is 0.244 e. The highest BCUT2D eigenvalue weighted by molar-refractivity contribution is 7.89. The topological polar surface area (TPSA) is 54.3 Å². The molecule has 0 amide bonds. The molecule has 6 heteroatoms. The van der Waals surface area contributed by atoms with E-state index in [2.05, 4.69) is 19.2 Å². The van der Waals surface area contributed by atoms with Gasteiger partial charge < -0.3 is 9.88 Å². The van der Waals surface area contributed by atoms with Gasteiger partial charge in [0, 0.05) is 38.6 Å². The number of sulfonamides is 1. The van der Waals surface area contributed by atoms with Crippen LogP contribution in [-0.4, -0.2) is 36.9 Å². The Morgan fingerprint density at radius 3 is 2.52 bits per heavy atom. The summed E-state index contributed by atoms with van der Waals surface area (Å²) in [5, 5.41) is 3.23. The van der Waals surface area contributed by atoms with E-state index < -0.39 is 10.0 Å². The van der Waals surface area contributed by atoms with E-state index in [0.717, 1.165) is 18.7 Å². The standard InChI is InChI=1S/C15H29N3O2S/c1-6-13(4)11-18(8-3)21(19,20)15-9-14(10-16-7-2)17(5)12-15/h9,12-13,16H,6-8,10-11H2,1-5H3. The maximum absolute atomic E-state index is 12.7. The lowest BCUT2D eigenvalue weighted by molar-refractivity contribution is 0.361. The molecule has 21 heavy (non-hydrogen) atoms. The van der Waals surface area contributed by atoms with Gasteiger partial charge in [-0.25, -0.2) is 8.42 Å². The predicted octanol–water partition coefficient (Wildman–Crippen LogP) is 2.19. The summed E-state index contributed by atoms with van der Waals surface area (Å²) in [7, 11) is -1.51. The van der Waals surface area contributed by atoms with E-state index in [1.165, 1.54) is 0 Å². The SMILES string of the molecule is CCNCc1cc(S(=O)(=O)N(CC)CC(C)CC)cn1C. The Morgan fingerprint density at radius 2 is 2.00 bits per heavy atom. The van der Waals surface area contributed by atoms with E-state index in [1.54, 1.807) is 16.6 Å². The summed E-state index contributed by atoms with van der Waals surface area (Å²) >= 11 is 0. The first-order valence-corrected chi connectivity index (χ1v) is 9.16. The van der Waals surface area contributed by atoms with Crippen molar-refractivity contribution in [2.45, 2.75) is 45.6 Å². The molecule has 0 spiro atoms. The highest BCUT2D eigenvalue weighted by Gasteiger charge is 2.26. The molecule has 0 aliphatic rings. The van der Waals surface area contributed by atoms with Crippen molar-refractivity contribution in [1.82, 2.24) is 14.2 Å². The normalized spacial score (nSPS) is 13.8. The van der Waals surface area contributed by atoms with Crippen LogP contribution in [0.3, 0.4) is 0 Å². The van der Waals surface area contributed by atoms with Crippen LogP contribution in [0.4, 0.5) is 0 Å². The van der Waals surface area contributed by atoms with E-state index in [-0.39, 0.29) is 0 Å². The lowest BCUT2D eigenvalue weighted by Crippen LogP contribution is -2.34. The Kier molecular flexibility index (Phi) is 6.90. The van der Waals surface area contributed by atoms with E-state index in [4.69, 9.17) is 0 Å². The third-order valence-electron chi connectivity index (χ3n) is 3.84. The number of aryl methyl sites for hydroxylation is 1. The first kappa shape index (κ1) is 18.2. The zero-order chi connectivity index (χ0) is 16.0. The fourth-order valence-corrected chi connectivity index (χ4v) is 3.84. The maximum atomic E-state index is 12.7. The zero-order valence-electron chi connectivity index (χ0n) is 13.9. The van der Waals surface area contributed by atoms with E-state index in [9.17, 15) is 8.42 Å². The van der Waals surface area contributed by atoms with Crippen molar-refractivity contribution in [2.24, 2.45) is 13.0 Å². The van der Waals surface area contributed by atoms with Gasteiger partial charge in [-0.15, -0.1) is 0 Å². The molecule has 5 nitrogen and oxygen atoms in total. The highest BCUT2D eigenvalue weighted by Crippen LogP contribution is 2.20. The first-order chi connectivity index (χ1) is 9.86. The number of hydrogen-bond donors (Lipinski definition) is 1. The third-order valence-corrected chi connectivity index (χ3v) is 5.75. The molecule has 0 fully saturated rings. The first-order valence-electron chi connectivity index (χ1n) is 7.72. The quantitative estimate of drug-likeness (QED) is 0.760. The molecule has 1 aromatic heterocycles. The number of aromatic nitrogens is 1. The average Bonchev–Trinajstić information content (AvgIpc) is 2.83. The van der Waals surface area contributed by atoms with Crippen molar-refractivity contribution in [1.29, 1.82) is 0 Å². The van der Waals surface area contributed by atoms with Gasteiger partial charge >= 0.3 is 0 Å². The summed E-state index contributed by atoms with van der Waals surface area (Å²) in [5.74, 6) is 0.365. The fourth-order valence-electron chi connectivity index (χ4n) is 2.17. The Labute approximate surface area is 129 Å². The van der Waals surface area contributed by atoms with Gasteiger partial charge in [-0.05, 0) is 18.5 Å². The van der Waals surface area contributed by atoms with Crippen molar-refractivity contribution >= 4 is 10.0 Å². The lowest BCUT2D eigenvalue weighted by atomic mass is 10.1. The number of hydrogen-bond acceptors (Lipinski definition) is 3. The van der Waals surface area contributed by atoms with E-state index in [1.807, 2.05) is 25.5 Å². The van der Waals surface area contributed by atoms with E-state index in [0.29, 0.717) is 30.4 Å². The Bertz CT molecular complexity index is 537. The molecular formula is C15H29N3O2S. The Hall–Kier alpha value is -0.850. The van der Waals surface area contributed by atoms with Crippen molar-refractivity contribution in [3.05, 3.63) is 18.0 Å². The molecule has 0 aromatic carbocycles. The maximum Gasteiger partial charge on any atom is 0.244 e. The summed E-state index contributed by atoms with van der Waals surface area (Å²) in [4.78, 5) is 0.392. The second-order valence-corrected chi connectivity index (χ2v) is 7.47. The molecule has 1 rings (SSSR count).